The molecule has 0 aromatic rings. The Bertz CT molecular complexity index is 807. The third-order valence-electron chi connectivity index (χ3n) is 9.04. The SMILES string of the molecule is CCCCN1C(=O)[C@@]2(CCN3C[C@@H]4CC[C@H](O)[C@H](C(=O)OC)[C@H]4C[C@H]32)C2CC=CC=C21. The summed E-state index contributed by atoms with van der Waals surface area (Å²) in [5.74, 6) is 0.282. The normalized spacial score (nSPS) is 41.7. The van der Waals surface area contributed by atoms with Crippen molar-refractivity contribution >= 4 is 11.9 Å². The molecule has 0 radical (unpaired) electrons. The zero-order valence-corrected chi connectivity index (χ0v) is 18.8. The third-order valence-corrected chi connectivity index (χ3v) is 9.04. The number of carbonyl (C=O) groups excluding carboxylic acids is 2. The van der Waals surface area contributed by atoms with Crippen molar-refractivity contribution in [3.63, 3.8) is 0 Å². The molecule has 3 aliphatic heterocycles. The first-order chi connectivity index (χ1) is 15.0. The van der Waals surface area contributed by atoms with Crippen molar-refractivity contribution in [1.29, 1.82) is 0 Å². The van der Waals surface area contributed by atoms with Gasteiger partial charge in [-0.05, 0) is 63.0 Å². The van der Waals surface area contributed by atoms with E-state index in [1.165, 1.54) is 12.8 Å². The Morgan fingerprint density at radius 2 is 2.19 bits per heavy atom. The van der Waals surface area contributed by atoms with Gasteiger partial charge in [0.2, 0.25) is 5.91 Å². The highest BCUT2D eigenvalue weighted by molar-refractivity contribution is 5.90. The smallest absolute Gasteiger partial charge is 0.311 e. The minimum Gasteiger partial charge on any atom is -0.469 e. The van der Waals surface area contributed by atoms with E-state index in [2.05, 4.69) is 35.0 Å². The lowest BCUT2D eigenvalue weighted by Crippen LogP contribution is -2.57. The zero-order chi connectivity index (χ0) is 21.8. The summed E-state index contributed by atoms with van der Waals surface area (Å²) in [7, 11) is 1.42. The molecule has 7 atom stereocenters. The molecule has 4 fully saturated rings. The summed E-state index contributed by atoms with van der Waals surface area (Å²) in [6, 6.07) is 0.144. The molecule has 2 aliphatic carbocycles. The molecule has 6 nitrogen and oxygen atoms in total. The Balaban J connectivity index is 1.49. The lowest BCUT2D eigenvalue weighted by molar-refractivity contribution is -0.161. The predicted octanol–water partition coefficient (Wildman–Crippen LogP) is 2.73. The number of methoxy groups -OCH3 is 1. The van der Waals surface area contributed by atoms with Gasteiger partial charge in [0.1, 0.15) is 0 Å². The van der Waals surface area contributed by atoms with Crippen molar-refractivity contribution in [1.82, 2.24) is 9.80 Å². The fourth-order valence-corrected chi connectivity index (χ4v) is 7.60. The average Bonchev–Trinajstić information content (AvgIpc) is 3.27. The first-order valence-electron chi connectivity index (χ1n) is 12.2. The van der Waals surface area contributed by atoms with E-state index in [1.807, 2.05) is 0 Å². The van der Waals surface area contributed by atoms with Crippen LogP contribution < -0.4 is 0 Å². The molecule has 1 unspecified atom stereocenters. The van der Waals surface area contributed by atoms with Gasteiger partial charge < -0.3 is 14.7 Å². The number of allylic oxidation sites excluding steroid dienone is 4. The van der Waals surface area contributed by atoms with Crippen molar-refractivity contribution in [3.8, 4) is 0 Å². The highest BCUT2D eigenvalue weighted by atomic mass is 16.5. The van der Waals surface area contributed by atoms with Crippen LogP contribution >= 0.6 is 0 Å². The summed E-state index contributed by atoms with van der Waals surface area (Å²) in [6.45, 7) is 4.86. The van der Waals surface area contributed by atoms with Crippen LogP contribution in [-0.2, 0) is 14.3 Å². The Hall–Kier alpha value is -1.66. The Kier molecular flexibility index (Phi) is 5.50. The Morgan fingerprint density at radius 3 is 2.97 bits per heavy atom. The molecule has 1 amide bonds. The first-order valence-corrected chi connectivity index (χ1v) is 12.2. The summed E-state index contributed by atoms with van der Waals surface area (Å²) < 4.78 is 5.10. The van der Waals surface area contributed by atoms with E-state index in [0.717, 1.165) is 58.2 Å². The van der Waals surface area contributed by atoms with Gasteiger partial charge in [-0.1, -0.05) is 25.5 Å². The maximum Gasteiger partial charge on any atom is 0.311 e. The molecule has 6 heteroatoms. The number of unbranched alkanes of at least 4 members (excludes halogenated alkanes) is 1. The topological polar surface area (TPSA) is 70.1 Å². The molecule has 0 aromatic carbocycles. The number of esters is 1. The van der Waals surface area contributed by atoms with Crippen LogP contribution in [0.1, 0.15) is 51.9 Å². The van der Waals surface area contributed by atoms with Crippen LogP contribution in [0.25, 0.3) is 0 Å². The molecule has 0 bridgehead atoms. The van der Waals surface area contributed by atoms with Gasteiger partial charge in [0.15, 0.2) is 0 Å². The highest BCUT2D eigenvalue weighted by Gasteiger charge is 2.66. The van der Waals surface area contributed by atoms with Crippen molar-refractivity contribution in [2.24, 2.45) is 29.1 Å². The van der Waals surface area contributed by atoms with E-state index in [4.69, 9.17) is 4.74 Å². The fraction of sp³-hybridized carbons (Fsp3) is 0.760. The standard InChI is InChI=1S/C25H36N2O4/c1-3-4-12-27-19-8-6-5-7-18(19)25(24(27)30)11-13-26-15-16-9-10-20(28)22(23(29)31-2)17(16)14-21(25)26/h5-6,8,16-18,20-22,28H,3-4,7,9-15H2,1-2H3/t16-,17-,18?,20-,21-,22+,25-/m0/s1. The molecule has 5 rings (SSSR count). The first kappa shape index (κ1) is 21.2. The van der Waals surface area contributed by atoms with Crippen molar-refractivity contribution in [2.75, 3.05) is 26.7 Å². The van der Waals surface area contributed by atoms with Gasteiger partial charge in [-0.3, -0.25) is 14.5 Å². The van der Waals surface area contributed by atoms with Crippen LogP contribution in [-0.4, -0.2) is 65.7 Å². The minimum atomic E-state index is -0.633. The third kappa shape index (κ3) is 3.05. The molecule has 3 heterocycles. The molecular weight excluding hydrogens is 392 g/mol. The van der Waals surface area contributed by atoms with E-state index in [1.54, 1.807) is 0 Å². The number of piperidine rings is 1. The number of carbonyl (C=O) groups is 2. The van der Waals surface area contributed by atoms with Gasteiger partial charge >= 0.3 is 5.97 Å². The fourth-order valence-electron chi connectivity index (χ4n) is 7.60. The second kappa shape index (κ2) is 8.04. The molecule has 1 N–H and O–H groups in total. The molecular formula is C25H36N2O4. The van der Waals surface area contributed by atoms with E-state index >= 15 is 0 Å². The van der Waals surface area contributed by atoms with Gasteiger partial charge in [0.05, 0.1) is 24.5 Å². The van der Waals surface area contributed by atoms with Crippen molar-refractivity contribution in [2.45, 2.75) is 64.0 Å². The van der Waals surface area contributed by atoms with Crippen LogP contribution in [0, 0.1) is 29.1 Å². The minimum absolute atomic E-state index is 0.0940. The van der Waals surface area contributed by atoms with Crippen molar-refractivity contribution < 1.29 is 19.4 Å². The second-order valence-corrected chi connectivity index (χ2v) is 10.3. The summed E-state index contributed by atoms with van der Waals surface area (Å²) in [5, 5.41) is 10.7. The van der Waals surface area contributed by atoms with Crippen LogP contribution in [0.15, 0.2) is 23.9 Å². The van der Waals surface area contributed by atoms with E-state index in [0.29, 0.717) is 18.2 Å². The van der Waals surface area contributed by atoms with E-state index in [-0.39, 0.29) is 23.8 Å². The molecule has 3 saturated heterocycles. The van der Waals surface area contributed by atoms with Crippen molar-refractivity contribution in [3.05, 3.63) is 23.9 Å². The number of rotatable bonds is 4. The zero-order valence-electron chi connectivity index (χ0n) is 18.8. The van der Waals surface area contributed by atoms with Crippen LogP contribution in [0.3, 0.4) is 0 Å². The number of aliphatic hydroxyl groups is 1. The summed E-state index contributed by atoms with van der Waals surface area (Å²) in [5.41, 5.74) is 0.816. The number of hydrogen-bond acceptors (Lipinski definition) is 5. The van der Waals surface area contributed by atoms with E-state index in [9.17, 15) is 14.7 Å². The number of aliphatic hydroxyl groups excluding tert-OH is 1. The number of amides is 1. The number of hydrogen-bond donors (Lipinski definition) is 1. The lowest BCUT2D eigenvalue weighted by atomic mass is 9.60. The van der Waals surface area contributed by atoms with Gasteiger partial charge in [0, 0.05) is 30.7 Å². The number of nitrogens with zero attached hydrogens (tertiary/aromatic N) is 2. The molecule has 0 aromatic heterocycles. The quantitative estimate of drug-likeness (QED) is 0.698. The van der Waals surface area contributed by atoms with Crippen LogP contribution in [0.4, 0.5) is 0 Å². The maximum atomic E-state index is 14.0. The maximum absolute atomic E-state index is 14.0. The molecule has 1 saturated carbocycles. The van der Waals surface area contributed by atoms with Crippen LogP contribution in [0.2, 0.25) is 0 Å². The highest BCUT2D eigenvalue weighted by Crippen LogP contribution is 2.59. The molecule has 170 valence electrons. The second-order valence-electron chi connectivity index (χ2n) is 10.3. The van der Waals surface area contributed by atoms with E-state index < -0.39 is 17.4 Å². The largest absolute Gasteiger partial charge is 0.469 e. The van der Waals surface area contributed by atoms with Crippen LogP contribution in [0.5, 0.6) is 0 Å². The number of fused-ring (bicyclic) bond motifs is 5. The number of likely N-dealkylation sites (tertiary alicyclic amines) is 1. The number of ether oxygens (including phenoxy) is 1. The predicted molar refractivity (Wildman–Crippen MR) is 117 cm³/mol. The molecule has 1 spiro atoms. The molecule has 5 aliphatic rings. The Labute approximate surface area is 185 Å². The Morgan fingerprint density at radius 1 is 1.35 bits per heavy atom. The lowest BCUT2D eigenvalue weighted by Gasteiger charge is -2.50. The monoisotopic (exact) mass is 428 g/mol. The van der Waals surface area contributed by atoms with Gasteiger partial charge in [0.25, 0.3) is 0 Å². The van der Waals surface area contributed by atoms with Gasteiger partial charge in [-0.15, -0.1) is 0 Å². The van der Waals surface area contributed by atoms with Gasteiger partial charge in [-0.2, -0.15) is 0 Å². The summed E-state index contributed by atoms with van der Waals surface area (Å²) in [4.78, 5) is 31.3. The summed E-state index contributed by atoms with van der Waals surface area (Å²) in [6.07, 6.45) is 12.2. The molecule has 31 heavy (non-hydrogen) atoms. The average molecular weight is 429 g/mol. The summed E-state index contributed by atoms with van der Waals surface area (Å²) >= 11 is 0. The van der Waals surface area contributed by atoms with Gasteiger partial charge in [-0.25, -0.2) is 0 Å².